The number of carbonyl (C=O) groups is 1. The number of aliphatic hydroxyl groups excluding tert-OH is 1. The van der Waals surface area contributed by atoms with Gasteiger partial charge in [0.05, 0.1) is 6.10 Å². The fraction of sp³-hybridized carbons (Fsp3) is 0.667. The normalized spacial score (nSPS) is 27.8. The molecular weight excluding hydrogens is 400 g/mol. The SMILES string of the molecule is CC(C)OC(=O)CN[P+](=O)OC[C@H]1O[C@@H](n2ccc(=O)[nH]c2=O)[C@](C)(F)[C@@H]1O. The van der Waals surface area contributed by atoms with Gasteiger partial charge in [-0.25, -0.2) is 9.18 Å². The van der Waals surface area contributed by atoms with Crippen LogP contribution in [0.1, 0.15) is 27.0 Å². The first kappa shape index (κ1) is 22.3. The number of aromatic amines is 1. The highest BCUT2D eigenvalue weighted by atomic mass is 31.1. The molecule has 1 aromatic rings. The van der Waals surface area contributed by atoms with E-state index in [9.17, 15) is 28.4 Å². The van der Waals surface area contributed by atoms with Gasteiger partial charge in [0.25, 0.3) is 5.56 Å². The van der Waals surface area contributed by atoms with E-state index in [0.29, 0.717) is 0 Å². The fourth-order valence-corrected chi connectivity index (χ4v) is 3.21. The van der Waals surface area contributed by atoms with Gasteiger partial charge in [-0.15, -0.1) is 4.52 Å². The Morgan fingerprint density at radius 3 is 2.82 bits per heavy atom. The van der Waals surface area contributed by atoms with Crippen molar-refractivity contribution < 1.29 is 32.9 Å². The molecule has 13 heteroatoms. The summed E-state index contributed by atoms with van der Waals surface area (Å²) in [6.07, 6.45) is -3.77. The molecule has 1 unspecified atom stereocenters. The number of aliphatic hydroxyl groups is 1. The van der Waals surface area contributed by atoms with Crippen LogP contribution in [0.4, 0.5) is 4.39 Å². The number of rotatable bonds is 8. The Labute approximate surface area is 159 Å². The van der Waals surface area contributed by atoms with E-state index < -0.39 is 56.1 Å². The van der Waals surface area contributed by atoms with Gasteiger partial charge in [0, 0.05) is 12.3 Å². The summed E-state index contributed by atoms with van der Waals surface area (Å²) < 4.78 is 42.7. The number of hydrogen-bond acceptors (Lipinski definition) is 8. The van der Waals surface area contributed by atoms with Gasteiger partial charge in [-0.1, -0.05) is 5.09 Å². The van der Waals surface area contributed by atoms with Gasteiger partial charge < -0.3 is 14.6 Å². The van der Waals surface area contributed by atoms with Crippen molar-refractivity contribution in [3.8, 4) is 0 Å². The highest BCUT2D eigenvalue weighted by molar-refractivity contribution is 7.36. The van der Waals surface area contributed by atoms with Crippen molar-refractivity contribution in [1.29, 1.82) is 0 Å². The van der Waals surface area contributed by atoms with Gasteiger partial charge in [0.2, 0.25) is 0 Å². The quantitative estimate of drug-likeness (QED) is 0.380. The minimum absolute atomic E-state index is 0.328. The average Bonchev–Trinajstić information content (AvgIpc) is 2.81. The number of nitrogens with zero attached hydrogens (tertiary/aromatic N) is 1. The Bertz CT molecular complexity index is 839. The number of alkyl halides is 1. The van der Waals surface area contributed by atoms with Gasteiger partial charge in [-0.05, 0) is 25.3 Å². The van der Waals surface area contributed by atoms with Gasteiger partial charge >= 0.3 is 19.8 Å². The Hall–Kier alpha value is -1.98. The lowest BCUT2D eigenvalue weighted by atomic mass is 9.98. The van der Waals surface area contributed by atoms with Crippen LogP contribution in [0.5, 0.6) is 0 Å². The first-order valence-corrected chi connectivity index (χ1v) is 9.57. The number of nitrogens with one attached hydrogen (secondary N) is 2. The average molecular weight is 422 g/mol. The fourth-order valence-electron chi connectivity index (χ4n) is 2.58. The van der Waals surface area contributed by atoms with Crippen molar-refractivity contribution in [2.75, 3.05) is 13.2 Å². The molecule has 28 heavy (non-hydrogen) atoms. The Kier molecular flexibility index (Phi) is 7.18. The zero-order chi connectivity index (χ0) is 21.1. The minimum atomic E-state index is -2.51. The predicted molar refractivity (Wildman–Crippen MR) is 93.5 cm³/mol. The molecule has 0 saturated carbocycles. The molecule has 0 bridgehead atoms. The molecule has 2 heterocycles. The van der Waals surface area contributed by atoms with E-state index in [4.69, 9.17) is 14.0 Å². The van der Waals surface area contributed by atoms with Crippen LogP contribution in [0.3, 0.4) is 0 Å². The van der Waals surface area contributed by atoms with Crippen molar-refractivity contribution in [2.45, 2.75) is 51.0 Å². The second kappa shape index (κ2) is 9.01. The maximum absolute atomic E-state index is 15.0. The second-order valence-electron chi connectivity index (χ2n) is 6.57. The molecule has 0 aliphatic carbocycles. The third-order valence-electron chi connectivity index (χ3n) is 3.90. The lowest BCUT2D eigenvalue weighted by molar-refractivity contribution is -0.145. The molecule has 5 atom stereocenters. The number of hydrogen-bond donors (Lipinski definition) is 3. The number of ether oxygens (including phenoxy) is 2. The van der Waals surface area contributed by atoms with Crippen LogP contribution in [0.2, 0.25) is 0 Å². The summed E-state index contributed by atoms with van der Waals surface area (Å²) in [5.74, 6) is -0.632. The van der Waals surface area contributed by atoms with Gasteiger partial charge in [-0.2, -0.15) is 0 Å². The van der Waals surface area contributed by atoms with Crippen LogP contribution in [-0.4, -0.2) is 57.8 Å². The Morgan fingerprint density at radius 2 is 2.21 bits per heavy atom. The van der Waals surface area contributed by atoms with Crippen molar-refractivity contribution in [3.05, 3.63) is 33.1 Å². The first-order valence-electron chi connectivity index (χ1n) is 8.39. The smallest absolute Gasteiger partial charge is 0.462 e. The molecule has 156 valence electrons. The first-order chi connectivity index (χ1) is 13.0. The number of aromatic nitrogens is 2. The van der Waals surface area contributed by atoms with Gasteiger partial charge in [0.15, 0.2) is 11.9 Å². The maximum atomic E-state index is 15.0. The summed E-state index contributed by atoms with van der Waals surface area (Å²) in [6, 6.07) is 1.01. The summed E-state index contributed by atoms with van der Waals surface area (Å²) in [5, 5.41) is 12.5. The van der Waals surface area contributed by atoms with Crippen LogP contribution in [0.15, 0.2) is 21.9 Å². The Balaban J connectivity index is 1.96. The molecule has 0 radical (unpaired) electrons. The summed E-state index contributed by atoms with van der Waals surface area (Å²) in [7, 11) is -2.51. The van der Waals surface area contributed by atoms with Crippen LogP contribution >= 0.6 is 8.18 Å². The number of H-pyrrole nitrogens is 1. The largest absolute Gasteiger partial charge is 0.613 e. The number of esters is 1. The maximum Gasteiger partial charge on any atom is 0.613 e. The molecule has 1 aromatic heterocycles. The van der Waals surface area contributed by atoms with Crippen LogP contribution in [0, 0.1) is 0 Å². The Morgan fingerprint density at radius 1 is 1.54 bits per heavy atom. The monoisotopic (exact) mass is 422 g/mol. The standard InChI is InChI=1S/C15H21FN3O8P/c1-8(2)26-11(21)6-17-28(24)25-7-9-12(22)15(3,16)13(27-9)19-5-4-10(20)18-14(19)23/h4-5,8-9,12-13,22H,6-7H2,1-3H3,(H-,17,18,20,23,24)/p+1/t9-,12-,13-,15-/m1/s1. The molecule has 1 aliphatic heterocycles. The van der Waals surface area contributed by atoms with Crippen LogP contribution < -0.4 is 16.3 Å². The summed E-state index contributed by atoms with van der Waals surface area (Å²) in [5.41, 5.74) is -3.97. The zero-order valence-electron chi connectivity index (χ0n) is 15.5. The van der Waals surface area contributed by atoms with Crippen molar-refractivity contribution >= 4 is 14.1 Å². The molecule has 3 N–H and O–H groups in total. The molecule has 0 amide bonds. The van der Waals surface area contributed by atoms with E-state index in [0.717, 1.165) is 23.8 Å². The summed E-state index contributed by atoms with van der Waals surface area (Å²) in [6.45, 7) is 3.51. The molecule has 1 aliphatic rings. The van der Waals surface area contributed by atoms with Crippen molar-refractivity contribution in [3.63, 3.8) is 0 Å². The third-order valence-corrected chi connectivity index (χ3v) is 4.70. The molecule has 0 aromatic carbocycles. The van der Waals surface area contributed by atoms with Gasteiger partial charge in [0.1, 0.15) is 25.4 Å². The van der Waals surface area contributed by atoms with Gasteiger partial charge in [-0.3, -0.25) is 19.1 Å². The van der Waals surface area contributed by atoms with Crippen LogP contribution in [0.25, 0.3) is 0 Å². The number of carbonyl (C=O) groups excluding carboxylic acids is 1. The molecule has 11 nitrogen and oxygen atoms in total. The van der Waals surface area contributed by atoms with E-state index >= 15 is 0 Å². The highest BCUT2D eigenvalue weighted by Gasteiger charge is 2.56. The van der Waals surface area contributed by atoms with Crippen LogP contribution in [-0.2, 0) is 23.4 Å². The predicted octanol–water partition coefficient (Wildman–Crippen LogP) is -0.262. The minimum Gasteiger partial charge on any atom is -0.462 e. The lowest BCUT2D eigenvalue weighted by Gasteiger charge is -2.24. The topological polar surface area (TPSA) is 149 Å². The third kappa shape index (κ3) is 5.30. The molecule has 1 fully saturated rings. The second-order valence-corrected chi connectivity index (χ2v) is 7.66. The zero-order valence-corrected chi connectivity index (χ0v) is 16.4. The molecule has 1 saturated heterocycles. The van der Waals surface area contributed by atoms with E-state index in [2.05, 4.69) is 5.09 Å². The molecule has 0 spiro atoms. The van der Waals surface area contributed by atoms with E-state index in [1.807, 2.05) is 4.98 Å². The highest BCUT2D eigenvalue weighted by Crippen LogP contribution is 2.41. The van der Waals surface area contributed by atoms with E-state index in [1.54, 1.807) is 13.8 Å². The summed E-state index contributed by atoms with van der Waals surface area (Å²) >= 11 is 0. The van der Waals surface area contributed by atoms with E-state index in [-0.39, 0.29) is 12.6 Å². The number of halogens is 1. The van der Waals surface area contributed by atoms with Crippen molar-refractivity contribution in [1.82, 2.24) is 14.6 Å². The van der Waals surface area contributed by atoms with E-state index in [1.165, 1.54) is 0 Å². The molecule has 2 rings (SSSR count). The summed E-state index contributed by atoms with van der Waals surface area (Å²) in [4.78, 5) is 36.4. The van der Waals surface area contributed by atoms with Crippen molar-refractivity contribution in [2.24, 2.45) is 0 Å². The molecular formula is C15H22FN3O8P+. The lowest BCUT2D eigenvalue weighted by Crippen LogP contribution is -2.43.